The summed E-state index contributed by atoms with van der Waals surface area (Å²) in [4.78, 5) is 49.7. The number of rotatable bonds is 7. The summed E-state index contributed by atoms with van der Waals surface area (Å²) in [6, 6.07) is 14.2. The molecular weight excluding hydrogens is 356 g/mol. The first-order valence-corrected chi connectivity index (χ1v) is 8.89. The number of hydrogen-bond donors (Lipinski definition) is 0. The van der Waals surface area contributed by atoms with E-state index in [1.807, 2.05) is 24.3 Å². The molecule has 0 N–H and O–H groups in total. The third-order valence-electron chi connectivity index (χ3n) is 4.21. The lowest BCUT2D eigenvalue weighted by atomic mass is 10.0. The molecule has 2 aromatic rings. The molecule has 0 radical (unpaired) electrons. The summed E-state index contributed by atoms with van der Waals surface area (Å²) in [5.74, 6) is -0.570. The van der Waals surface area contributed by atoms with Crippen molar-refractivity contribution in [2.45, 2.75) is 13.8 Å². The van der Waals surface area contributed by atoms with Gasteiger partial charge >= 0.3 is 0 Å². The van der Waals surface area contributed by atoms with Crippen molar-refractivity contribution in [1.82, 2.24) is 9.80 Å². The van der Waals surface area contributed by atoms with E-state index in [1.165, 1.54) is 23.6 Å². The molecule has 0 aliphatic heterocycles. The summed E-state index contributed by atoms with van der Waals surface area (Å²) in [6.07, 6.45) is 0. The van der Waals surface area contributed by atoms with Crippen molar-refractivity contribution in [3.8, 4) is 11.1 Å². The minimum atomic E-state index is -0.212. The highest BCUT2D eigenvalue weighted by Gasteiger charge is 2.14. The molecule has 0 heterocycles. The van der Waals surface area contributed by atoms with Crippen molar-refractivity contribution in [3.63, 3.8) is 0 Å². The van der Waals surface area contributed by atoms with Gasteiger partial charge in [-0.1, -0.05) is 24.3 Å². The van der Waals surface area contributed by atoms with Gasteiger partial charge in [-0.05, 0) is 49.2 Å². The number of Topliss-reactive ketones (excluding diaryl/α,β-unsaturated/α-hetero) is 2. The monoisotopic (exact) mass is 380 g/mol. The first kappa shape index (κ1) is 21.0. The zero-order valence-electron chi connectivity index (χ0n) is 16.6. The smallest absolute Gasteiger partial charge is 0.253 e. The second-order valence-electron chi connectivity index (χ2n) is 6.88. The Morgan fingerprint density at radius 2 is 0.893 bits per heavy atom. The second-order valence-corrected chi connectivity index (χ2v) is 6.88. The van der Waals surface area contributed by atoms with Gasteiger partial charge in [-0.3, -0.25) is 19.2 Å². The largest absolute Gasteiger partial charge is 0.334 e. The average molecular weight is 380 g/mol. The number of carbonyl (C=O) groups is 4. The van der Waals surface area contributed by atoms with Gasteiger partial charge in [0.25, 0.3) is 11.8 Å². The van der Waals surface area contributed by atoms with Gasteiger partial charge in [0.1, 0.15) is 11.6 Å². The number of amides is 2. The summed E-state index contributed by atoms with van der Waals surface area (Å²) >= 11 is 0. The summed E-state index contributed by atoms with van der Waals surface area (Å²) in [5.41, 5.74) is 2.82. The maximum Gasteiger partial charge on any atom is 0.253 e. The molecule has 0 aliphatic carbocycles. The van der Waals surface area contributed by atoms with Crippen LogP contribution in [-0.4, -0.2) is 60.4 Å². The highest BCUT2D eigenvalue weighted by molar-refractivity contribution is 5.97. The summed E-state index contributed by atoms with van der Waals surface area (Å²) in [5, 5.41) is 0. The van der Waals surface area contributed by atoms with Crippen LogP contribution < -0.4 is 0 Å². The van der Waals surface area contributed by atoms with E-state index >= 15 is 0 Å². The number of carbonyl (C=O) groups excluding carboxylic acids is 4. The number of benzene rings is 2. The van der Waals surface area contributed by atoms with E-state index in [1.54, 1.807) is 38.4 Å². The predicted molar refractivity (Wildman–Crippen MR) is 107 cm³/mol. The molecule has 146 valence electrons. The molecule has 0 atom stereocenters. The molecule has 6 nitrogen and oxygen atoms in total. The topological polar surface area (TPSA) is 74.8 Å². The standard InChI is InChI=1S/C22H24N2O4/c1-15(25)13-23(3)21(27)19-9-5-17(6-10-19)18-7-11-20(12-8-18)22(28)24(4)14-16(2)26/h5-12H,13-14H2,1-4H3. The van der Waals surface area contributed by atoms with Crippen molar-refractivity contribution in [3.05, 3.63) is 59.7 Å². The lowest BCUT2D eigenvalue weighted by molar-refractivity contribution is -0.118. The normalized spacial score (nSPS) is 10.3. The Balaban J connectivity index is 2.12. The number of nitrogens with zero attached hydrogens (tertiary/aromatic N) is 2. The van der Waals surface area contributed by atoms with E-state index in [0.29, 0.717) is 11.1 Å². The molecule has 2 amide bonds. The zero-order valence-corrected chi connectivity index (χ0v) is 16.6. The van der Waals surface area contributed by atoms with Gasteiger partial charge in [-0.25, -0.2) is 0 Å². The SMILES string of the molecule is CC(=O)CN(C)C(=O)c1ccc(-c2ccc(C(=O)N(C)CC(C)=O)cc2)cc1. The molecule has 0 saturated heterocycles. The minimum Gasteiger partial charge on any atom is -0.334 e. The van der Waals surface area contributed by atoms with Gasteiger partial charge in [0.05, 0.1) is 13.1 Å². The molecule has 2 rings (SSSR count). The van der Waals surface area contributed by atoms with Gasteiger partial charge < -0.3 is 9.80 Å². The molecule has 0 aliphatic rings. The Morgan fingerprint density at radius 3 is 1.14 bits per heavy atom. The van der Waals surface area contributed by atoms with Crippen LogP contribution in [0.2, 0.25) is 0 Å². The molecular formula is C22H24N2O4. The van der Waals surface area contributed by atoms with Gasteiger partial charge in [0, 0.05) is 25.2 Å². The van der Waals surface area contributed by atoms with Crippen molar-refractivity contribution in [2.24, 2.45) is 0 Å². The fraction of sp³-hybridized carbons (Fsp3) is 0.273. The lowest BCUT2D eigenvalue weighted by Gasteiger charge is -2.16. The zero-order chi connectivity index (χ0) is 20.8. The molecule has 28 heavy (non-hydrogen) atoms. The van der Waals surface area contributed by atoms with Crippen LogP contribution in [0.5, 0.6) is 0 Å². The van der Waals surface area contributed by atoms with Gasteiger partial charge in [0.15, 0.2) is 0 Å². The molecule has 6 heteroatoms. The van der Waals surface area contributed by atoms with E-state index in [2.05, 4.69) is 0 Å². The average Bonchev–Trinajstić information content (AvgIpc) is 2.66. The molecule has 2 aromatic carbocycles. The van der Waals surface area contributed by atoms with Crippen LogP contribution in [0.4, 0.5) is 0 Å². The van der Waals surface area contributed by atoms with Crippen molar-refractivity contribution in [2.75, 3.05) is 27.2 Å². The molecule has 0 unspecified atom stereocenters. The van der Waals surface area contributed by atoms with Gasteiger partial charge in [0.2, 0.25) is 0 Å². The lowest BCUT2D eigenvalue weighted by Crippen LogP contribution is -2.31. The Morgan fingerprint density at radius 1 is 0.607 bits per heavy atom. The number of ketones is 2. The highest BCUT2D eigenvalue weighted by Crippen LogP contribution is 2.21. The highest BCUT2D eigenvalue weighted by atomic mass is 16.2. The van der Waals surface area contributed by atoms with Crippen LogP contribution in [0.1, 0.15) is 34.6 Å². The summed E-state index contributed by atoms with van der Waals surface area (Å²) in [7, 11) is 3.19. The van der Waals surface area contributed by atoms with Crippen LogP contribution in [0.3, 0.4) is 0 Å². The molecule has 0 fully saturated rings. The summed E-state index contributed by atoms with van der Waals surface area (Å²) in [6.45, 7) is 3.04. The Labute approximate surface area is 164 Å². The fourth-order valence-corrected chi connectivity index (χ4v) is 2.86. The fourth-order valence-electron chi connectivity index (χ4n) is 2.86. The molecule has 0 saturated carbocycles. The Bertz CT molecular complexity index is 810. The van der Waals surface area contributed by atoms with E-state index < -0.39 is 0 Å². The Kier molecular flexibility index (Phi) is 6.82. The third kappa shape index (κ3) is 5.36. The number of hydrogen-bond acceptors (Lipinski definition) is 4. The van der Waals surface area contributed by atoms with Crippen molar-refractivity contribution < 1.29 is 19.2 Å². The molecule has 0 aromatic heterocycles. The van der Waals surface area contributed by atoms with E-state index in [9.17, 15) is 19.2 Å². The number of likely N-dealkylation sites (N-methyl/N-ethyl adjacent to an activating group) is 2. The van der Waals surface area contributed by atoms with E-state index in [4.69, 9.17) is 0 Å². The Hall–Kier alpha value is -3.28. The first-order chi connectivity index (χ1) is 13.2. The van der Waals surface area contributed by atoms with Gasteiger partial charge in [-0.15, -0.1) is 0 Å². The van der Waals surface area contributed by atoms with E-state index in [-0.39, 0.29) is 36.5 Å². The maximum absolute atomic E-state index is 12.3. The third-order valence-corrected chi connectivity index (χ3v) is 4.21. The van der Waals surface area contributed by atoms with Crippen LogP contribution in [0.25, 0.3) is 11.1 Å². The van der Waals surface area contributed by atoms with Gasteiger partial charge in [-0.2, -0.15) is 0 Å². The van der Waals surface area contributed by atoms with Crippen LogP contribution >= 0.6 is 0 Å². The molecule has 0 bridgehead atoms. The minimum absolute atomic E-state index is 0.0731. The van der Waals surface area contributed by atoms with E-state index in [0.717, 1.165) is 11.1 Å². The van der Waals surface area contributed by atoms with Crippen LogP contribution in [0, 0.1) is 0 Å². The second kappa shape index (κ2) is 9.08. The van der Waals surface area contributed by atoms with Crippen LogP contribution in [0.15, 0.2) is 48.5 Å². The van der Waals surface area contributed by atoms with Crippen molar-refractivity contribution >= 4 is 23.4 Å². The predicted octanol–water partition coefficient (Wildman–Crippen LogP) is 2.68. The summed E-state index contributed by atoms with van der Waals surface area (Å²) < 4.78 is 0. The molecule has 0 spiro atoms. The maximum atomic E-state index is 12.3. The van der Waals surface area contributed by atoms with Crippen molar-refractivity contribution in [1.29, 1.82) is 0 Å². The quantitative estimate of drug-likeness (QED) is 0.740. The first-order valence-electron chi connectivity index (χ1n) is 8.89. The van der Waals surface area contributed by atoms with Crippen LogP contribution in [-0.2, 0) is 9.59 Å².